The normalized spacial score (nSPS) is 15.7. The van der Waals surface area contributed by atoms with Crippen LogP contribution in [0.15, 0.2) is 54.7 Å². The van der Waals surface area contributed by atoms with Crippen molar-refractivity contribution in [2.75, 3.05) is 6.54 Å². The summed E-state index contributed by atoms with van der Waals surface area (Å²) in [6.07, 6.45) is 1.78. The third-order valence-corrected chi connectivity index (χ3v) is 3.28. The second kappa shape index (κ2) is 5.95. The van der Waals surface area contributed by atoms with Gasteiger partial charge in [-0.15, -0.1) is 0 Å². The smallest absolute Gasteiger partial charge is 0.0992 e. The molecule has 0 saturated carbocycles. The zero-order valence-corrected chi connectivity index (χ0v) is 11.4. The Bertz CT molecular complexity index is 497. The monoisotopic (exact) mass is 256 g/mol. The van der Waals surface area contributed by atoms with Gasteiger partial charge in [0.1, 0.15) is 0 Å². The number of aromatic nitrogens is 1. The average Bonchev–Trinajstić information content (AvgIpc) is 2.47. The van der Waals surface area contributed by atoms with Gasteiger partial charge in [-0.2, -0.15) is 0 Å². The molecule has 1 unspecified atom stereocenters. The number of hydrogen-bond acceptors (Lipinski definition) is 3. The van der Waals surface area contributed by atoms with Crippen molar-refractivity contribution in [3.8, 4) is 0 Å². The number of hydrogen-bond donors (Lipinski definition) is 2. The van der Waals surface area contributed by atoms with E-state index in [1.807, 2.05) is 62.4 Å². The number of pyridine rings is 1. The average molecular weight is 256 g/mol. The highest BCUT2D eigenvalue weighted by Crippen LogP contribution is 2.20. The van der Waals surface area contributed by atoms with Crippen LogP contribution in [0, 0.1) is 0 Å². The largest absolute Gasteiger partial charge is 0.384 e. The minimum absolute atomic E-state index is 0.108. The number of nitrogens with zero attached hydrogens (tertiary/aromatic N) is 1. The Morgan fingerprint density at radius 2 is 1.84 bits per heavy atom. The van der Waals surface area contributed by atoms with E-state index in [1.165, 1.54) is 0 Å². The number of rotatable bonds is 5. The van der Waals surface area contributed by atoms with E-state index in [4.69, 9.17) is 0 Å². The molecule has 3 nitrogen and oxygen atoms in total. The summed E-state index contributed by atoms with van der Waals surface area (Å²) in [5, 5.41) is 13.8. The minimum atomic E-state index is -0.885. The lowest BCUT2D eigenvalue weighted by atomic mass is 9.96. The predicted octanol–water partition coefficient (Wildman–Crippen LogP) is 2.64. The summed E-state index contributed by atoms with van der Waals surface area (Å²) in [4.78, 5) is 4.31. The first-order chi connectivity index (χ1) is 9.09. The summed E-state index contributed by atoms with van der Waals surface area (Å²) in [6.45, 7) is 4.35. The number of aliphatic hydroxyl groups is 1. The molecule has 0 radical (unpaired) electrons. The SMILES string of the molecule is C[C@@H](NCC(C)(O)c1ccccc1)c1ccccn1. The van der Waals surface area contributed by atoms with Gasteiger partial charge in [-0.05, 0) is 31.5 Å². The predicted molar refractivity (Wildman–Crippen MR) is 76.7 cm³/mol. The molecule has 1 aromatic carbocycles. The Hall–Kier alpha value is -1.71. The van der Waals surface area contributed by atoms with E-state index in [9.17, 15) is 5.11 Å². The van der Waals surface area contributed by atoms with Crippen molar-refractivity contribution in [2.45, 2.75) is 25.5 Å². The molecule has 3 heteroatoms. The number of benzene rings is 1. The highest BCUT2D eigenvalue weighted by molar-refractivity contribution is 5.22. The molecule has 0 aliphatic carbocycles. The molecule has 1 heterocycles. The molecule has 100 valence electrons. The summed E-state index contributed by atoms with van der Waals surface area (Å²) in [5.74, 6) is 0. The minimum Gasteiger partial charge on any atom is -0.384 e. The van der Waals surface area contributed by atoms with Crippen molar-refractivity contribution in [2.24, 2.45) is 0 Å². The number of nitrogens with one attached hydrogen (secondary N) is 1. The van der Waals surface area contributed by atoms with Crippen LogP contribution in [-0.2, 0) is 5.60 Å². The maximum Gasteiger partial charge on any atom is 0.0992 e. The van der Waals surface area contributed by atoms with E-state index < -0.39 is 5.60 Å². The van der Waals surface area contributed by atoms with E-state index in [-0.39, 0.29) is 6.04 Å². The van der Waals surface area contributed by atoms with Gasteiger partial charge in [-0.1, -0.05) is 36.4 Å². The van der Waals surface area contributed by atoms with Gasteiger partial charge in [0.05, 0.1) is 11.3 Å². The van der Waals surface area contributed by atoms with Crippen LogP contribution in [0.25, 0.3) is 0 Å². The first-order valence-corrected chi connectivity index (χ1v) is 6.52. The zero-order chi connectivity index (χ0) is 13.7. The van der Waals surface area contributed by atoms with Gasteiger partial charge in [-0.25, -0.2) is 0 Å². The second-order valence-corrected chi connectivity index (χ2v) is 5.00. The zero-order valence-electron chi connectivity index (χ0n) is 11.4. The Morgan fingerprint density at radius 3 is 2.47 bits per heavy atom. The topological polar surface area (TPSA) is 45.1 Å². The molecule has 0 spiro atoms. The van der Waals surface area contributed by atoms with Crippen LogP contribution in [0.5, 0.6) is 0 Å². The molecule has 0 aliphatic heterocycles. The molecule has 0 fully saturated rings. The molecule has 1 aromatic heterocycles. The van der Waals surface area contributed by atoms with Crippen LogP contribution in [0.4, 0.5) is 0 Å². The van der Waals surface area contributed by atoms with Crippen molar-refractivity contribution >= 4 is 0 Å². The van der Waals surface area contributed by atoms with Crippen LogP contribution < -0.4 is 5.32 Å². The molecule has 2 atom stereocenters. The first kappa shape index (κ1) is 13.7. The lowest BCUT2D eigenvalue weighted by molar-refractivity contribution is 0.0542. The summed E-state index contributed by atoms with van der Waals surface area (Å²) in [7, 11) is 0. The third-order valence-electron chi connectivity index (χ3n) is 3.28. The highest BCUT2D eigenvalue weighted by Gasteiger charge is 2.23. The van der Waals surface area contributed by atoms with Gasteiger partial charge in [0.2, 0.25) is 0 Å². The third kappa shape index (κ3) is 3.63. The molecule has 0 aliphatic rings. The van der Waals surface area contributed by atoms with Crippen LogP contribution in [-0.4, -0.2) is 16.6 Å². The van der Waals surface area contributed by atoms with E-state index in [0.717, 1.165) is 11.3 Å². The molecule has 0 amide bonds. The van der Waals surface area contributed by atoms with Gasteiger partial charge in [-0.3, -0.25) is 4.98 Å². The molecule has 2 N–H and O–H groups in total. The van der Waals surface area contributed by atoms with E-state index >= 15 is 0 Å². The molecule has 2 aromatic rings. The van der Waals surface area contributed by atoms with Crippen molar-refractivity contribution in [3.63, 3.8) is 0 Å². The van der Waals surface area contributed by atoms with Crippen molar-refractivity contribution in [3.05, 3.63) is 66.0 Å². The quantitative estimate of drug-likeness (QED) is 0.864. The lowest BCUT2D eigenvalue weighted by Gasteiger charge is -2.26. The Labute approximate surface area is 114 Å². The Kier molecular flexibility index (Phi) is 4.30. The highest BCUT2D eigenvalue weighted by atomic mass is 16.3. The standard InChI is InChI=1S/C16H20N2O/c1-13(15-10-6-7-11-17-15)18-12-16(2,19)14-8-4-3-5-9-14/h3-11,13,18-19H,12H2,1-2H3/t13-,16?/m1/s1. The molecule has 19 heavy (non-hydrogen) atoms. The fourth-order valence-corrected chi connectivity index (χ4v) is 1.99. The Morgan fingerprint density at radius 1 is 1.16 bits per heavy atom. The van der Waals surface area contributed by atoms with Crippen molar-refractivity contribution in [1.29, 1.82) is 0 Å². The molecular weight excluding hydrogens is 236 g/mol. The van der Waals surface area contributed by atoms with Crippen LogP contribution in [0.3, 0.4) is 0 Å². The van der Waals surface area contributed by atoms with E-state index in [1.54, 1.807) is 6.20 Å². The van der Waals surface area contributed by atoms with Gasteiger partial charge in [0, 0.05) is 18.8 Å². The second-order valence-electron chi connectivity index (χ2n) is 5.00. The summed E-state index contributed by atoms with van der Waals surface area (Å²) >= 11 is 0. The molecule has 2 rings (SSSR count). The lowest BCUT2D eigenvalue weighted by Crippen LogP contribution is -2.36. The molecule has 0 saturated heterocycles. The van der Waals surface area contributed by atoms with Gasteiger partial charge in [0.15, 0.2) is 0 Å². The summed E-state index contributed by atoms with van der Waals surface area (Å²) in [5.41, 5.74) is 1.01. The van der Waals surface area contributed by atoms with Crippen molar-refractivity contribution in [1.82, 2.24) is 10.3 Å². The van der Waals surface area contributed by atoms with Crippen LogP contribution >= 0.6 is 0 Å². The van der Waals surface area contributed by atoms with Gasteiger partial charge in [0.25, 0.3) is 0 Å². The summed E-state index contributed by atoms with van der Waals surface area (Å²) in [6, 6.07) is 15.7. The van der Waals surface area contributed by atoms with Crippen molar-refractivity contribution < 1.29 is 5.11 Å². The summed E-state index contributed by atoms with van der Waals surface area (Å²) < 4.78 is 0. The molecule has 0 bridgehead atoms. The maximum atomic E-state index is 10.5. The van der Waals surface area contributed by atoms with Crippen LogP contribution in [0.2, 0.25) is 0 Å². The fraction of sp³-hybridized carbons (Fsp3) is 0.312. The fourth-order valence-electron chi connectivity index (χ4n) is 1.99. The van der Waals surface area contributed by atoms with Crippen LogP contribution in [0.1, 0.15) is 31.1 Å². The maximum absolute atomic E-state index is 10.5. The van der Waals surface area contributed by atoms with E-state index in [2.05, 4.69) is 10.3 Å². The molecular formula is C16H20N2O. The Balaban J connectivity index is 1.99. The van der Waals surface area contributed by atoms with Gasteiger partial charge >= 0.3 is 0 Å². The van der Waals surface area contributed by atoms with Gasteiger partial charge < -0.3 is 10.4 Å². The first-order valence-electron chi connectivity index (χ1n) is 6.52. The van der Waals surface area contributed by atoms with E-state index in [0.29, 0.717) is 6.54 Å².